The lowest BCUT2D eigenvalue weighted by Crippen LogP contribution is -1.99. The lowest BCUT2D eigenvalue weighted by Gasteiger charge is -2.14. The van der Waals surface area contributed by atoms with Crippen LogP contribution in [0.15, 0.2) is 158 Å². The van der Waals surface area contributed by atoms with E-state index in [-0.39, 0.29) is 0 Å². The summed E-state index contributed by atoms with van der Waals surface area (Å²) in [7, 11) is 0. The number of nitrogens with zero attached hydrogens (tertiary/aromatic N) is 4. The van der Waals surface area contributed by atoms with Crippen LogP contribution in [0.1, 0.15) is 27.8 Å². The molecule has 2 aromatic heterocycles. The molecule has 0 N–H and O–H groups in total. The van der Waals surface area contributed by atoms with Crippen molar-refractivity contribution in [3.8, 4) is 67.9 Å². The molecule has 4 nitrogen and oxygen atoms in total. The molecule has 0 radical (unpaired) electrons. The van der Waals surface area contributed by atoms with E-state index in [1.54, 1.807) is 0 Å². The number of aromatic nitrogens is 3. The van der Waals surface area contributed by atoms with Crippen LogP contribution in [0.25, 0.3) is 83.6 Å². The zero-order valence-corrected chi connectivity index (χ0v) is 31.3. The molecule has 7 aromatic carbocycles. The summed E-state index contributed by atoms with van der Waals surface area (Å²) in [5.41, 5.74) is 17.6. The Labute approximate surface area is 321 Å². The van der Waals surface area contributed by atoms with Gasteiger partial charge < -0.3 is 4.57 Å². The first-order valence-corrected chi connectivity index (χ1v) is 18.6. The normalized spacial score (nSPS) is 11.3. The van der Waals surface area contributed by atoms with E-state index >= 15 is 0 Å². The molecule has 0 saturated carbocycles. The maximum Gasteiger partial charge on any atom is 0.160 e. The van der Waals surface area contributed by atoms with Crippen LogP contribution in [-0.4, -0.2) is 14.5 Å². The highest BCUT2D eigenvalue weighted by atomic mass is 15.0. The summed E-state index contributed by atoms with van der Waals surface area (Å²) in [4.78, 5) is 10.1. The molecule has 0 fully saturated rings. The molecule has 0 spiro atoms. The summed E-state index contributed by atoms with van der Waals surface area (Å²) in [6.07, 6.45) is 0. The molecular formula is C51H38N4. The van der Waals surface area contributed by atoms with Crippen LogP contribution >= 0.6 is 0 Å². The predicted octanol–water partition coefficient (Wildman–Crippen LogP) is 13.0. The van der Waals surface area contributed by atoms with E-state index in [0.29, 0.717) is 17.1 Å². The Hall–Kier alpha value is -7.09. The summed E-state index contributed by atoms with van der Waals surface area (Å²) in [5, 5.41) is 12.8. The van der Waals surface area contributed by atoms with Crippen molar-refractivity contribution in [2.75, 3.05) is 0 Å². The quantitative estimate of drug-likeness (QED) is 0.173. The molecule has 0 aliphatic rings. The number of benzene rings is 7. The zero-order chi connectivity index (χ0) is 37.6. The molecule has 0 unspecified atom stereocenters. The Balaban J connectivity index is 1.28. The fraction of sp³-hybridized carbons (Fsp3) is 0.0784. The van der Waals surface area contributed by atoms with Gasteiger partial charge in [-0.3, -0.25) is 0 Å². The van der Waals surface area contributed by atoms with Crippen LogP contribution in [0, 0.1) is 39.0 Å². The van der Waals surface area contributed by atoms with Crippen LogP contribution in [0.2, 0.25) is 0 Å². The maximum atomic E-state index is 10.5. The first-order valence-electron chi connectivity index (χ1n) is 18.6. The molecular weight excluding hydrogens is 669 g/mol. The van der Waals surface area contributed by atoms with E-state index in [0.717, 1.165) is 39.1 Å². The average Bonchev–Trinajstić information content (AvgIpc) is 3.53. The van der Waals surface area contributed by atoms with Gasteiger partial charge in [0.1, 0.15) is 0 Å². The Bertz CT molecular complexity index is 2760. The lowest BCUT2D eigenvalue weighted by molar-refractivity contribution is 1.16. The van der Waals surface area contributed by atoms with E-state index in [4.69, 9.17) is 9.97 Å². The van der Waals surface area contributed by atoms with Crippen LogP contribution in [0.5, 0.6) is 0 Å². The van der Waals surface area contributed by atoms with Gasteiger partial charge in [0.15, 0.2) is 5.82 Å². The summed E-state index contributed by atoms with van der Waals surface area (Å²) in [6.45, 7) is 8.62. The fourth-order valence-corrected chi connectivity index (χ4v) is 7.98. The highest BCUT2D eigenvalue weighted by molar-refractivity contribution is 6.11. The van der Waals surface area contributed by atoms with E-state index in [9.17, 15) is 5.26 Å². The fourth-order valence-electron chi connectivity index (χ4n) is 7.98. The lowest BCUT2D eigenvalue weighted by atomic mass is 9.97. The minimum absolute atomic E-state index is 0.551. The van der Waals surface area contributed by atoms with Gasteiger partial charge in [0.25, 0.3) is 0 Å². The number of hydrogen-bond donors (Lipinski definition) is 0. The maximum absolute atomic E-state index is 10.5. The van der Waals surface area contributed by atoms with E-state index in [1.165, 1.54) is 55.3 Å². The van der Waals surface area contributed by atoms with Gasteiger partial charge in [0.05, 0.1) is 34.1 Å². The van der Waals surface area contributed by atoms with Crippen LogP contribution in [0.4, 0.5) is 0 Å². The van der Waals surface area contributed by atoms with E-state index < -0.39 is 0 Å². The van der Waals surface area contributed by atoms with Gasteiger partial charge in [-0.1, -0.05) is 131 Å². The van der Waals surface area contributed by atoms with Crippen molar-refractivity contribution < 1.29 is 0 Å². The summed E-state index contributed by atoms with van der Waals surface area (Å²) < 4.78 is 2.32. The predicted molar refractivity (Wildman–Crippen MR) is 227 cm³/mol. The average molecular weight is 707 g/mol. The Morgan fingerprint density at radius 2 is 0.945 bits per heavy atom. The smallest absolute Gasteiger partial charge is 0.160 e. The van der Waals surface area contributed by atoms with E-state index in [1.807, 2.05) is 66.7 Å². The topological polar surface area (TPSA) is 54.5 Å². The third-order valence-corrected chi connectivity index (χ3v) is 10.4. The molecule has 0 atom stereocenters. The molecule has 0 amide bonds. The Kier molecular flexibility index (Phi) is 8.41. The van der Waals surface area contributed by atoms with E-state index in [2.05, 4.69) is 129 Å². The third-order valence-electron chi connectivity index (χ3n) is 10.4. The summed E-state index contributed by atoms with van der Waals surface area (Å²) >= 11 is 0. The summed E-state index contributed by atoms with van der Waals surface area (Å²) in [5.74, 6) is 0.612. The third kappa shape index (κ3) is 6.37. The molecule has 0 bridgehead atoms. The van der Waals surface area contributed by atoms with Gasteiger partial charge in [0.2, 0.25) is 0 Å². The van der Waals surface area contributed by atoms with Gasteiger partial charge in [-0.2, -0.15) is 5.26 Å². The molecule has 0 aliphatic heterocycles. The van der Waals surface area contributed by atoms with Gasteiger partial charge in [0, 0.05) is 33.2 Å². The van der Waals surface area contributed by atoms with Gasteiger partial charge in [-0.15, -0.1) is 0 Å². The molecule has 55 heavy (non-hydrogen) atoms. The standard InChI is InChI=1S/C51H38N4/c1-32-21-33(2)24-41(23-32)38-16-19-49-45(27-38)46-28-39(42-25-34(3)22-35(4)26-42)17-20-50(46)55(49)43-18-15-40(31-52)44(29-43)48-30-47(36-11-7-5-8-12-36)53-51(54-48)37-13-9-6-10-14-37/h5-30H,1-4H3. The van der Waals surface area contributed by atoms with Crippen molar-refractivity contribution in [1.29, 1.82) is 5.26 Å². The van der Waals surface area contributed by atoms with Crippen molar-refractivity contribution in [2.45, 2.75) is 27.7 Å². The molecule has 0 saturated heterocycles. The van der Waals surface area contributed by atoms with Crippen LogP contribution < -0.4 is 0 Å². The highest BCUT2D eigenvalue weighted by Gasteiger charge is 2.19. The minimum Gasteiger partial charge on any atom is -0.309 e. The van der Waals surface area contributed by atoms with Crippen molar-refractivity contribution in [2.24, 2.45) is 0 Å². The van der Waals surface area contributed by atoms with Crippen molar-refractivity contribution >= 4 is 21.8 Å². The molecule has 2 heterocycles. The first kappa shape index (κ1) is 33.7. The number of aryl methyl sites for hydroxylation is 4. The second-order valence-corrected chi connectivity index (χ2v) is 14.6. The van der Waals surface area contributed by atoms with Crippen LogP contribution in [0.3, 0.4) is 0 Å². The minimum atomic E-state index is 0.551. The Morgan fingerprint density at radius 1 is 0.436 bits per heavy atom. The zero-order valence-electron chi connectivity index (χ0n) is 31.3. The summed E-state index contributed by atoms with van der Waals surface area (Å²) in [6, 6.07) is 57.8. The number of hydrogen-bond acceptors (Lipinski definition) is 3. The highest BCUT2D eigenvalue weighted by Crippen LogP contribution is 2.39. The molecule has 9 rings (SSSR count). The Morgan fingerprint density at radius 3 is 1.47 bits per heavy atom. The van der Waals surface area contributed by atoms with Crippen molar-refractivity contribution in [3.05, 3.63) is 186 Å². The molecule has 262 valence electrons. The SMILES string of the molecule is Cc1cc(C)cc(-c2ccc3c(c2)c2cc(-c4cc(C)cc(C)c4)ccc2n3-c2ccc(C#N)c(-c3cc(-c4ccccc4)nc(-c4ccccc4)n3)c2)c1. The molecule has 9 aromatic rings. The van der Waals surface area contributed by atoms with Crippen molar-refractivity contribution in [3.63, 3.8) is 0 Å². The number of nitriles is 1. The number of fused-ring (bicyclic) bond motifs is 3. The second kappa shape index (κ2) is 13.7. The van der Waals surface area contributed by atoms with Crippen molar-refractivity contribution in [1.82, 2.24) is 14.5 Å². The van der Waals surface area contributed by atoms with Gasteiger partial charge in [-0.05, 0) is 98.5 Å². The largest absolute Gasteiger partial charge is 0.309 e. The first-order chi connectivity index (χ1) is 26.8. The molecule has 4 heteroatoms. The van der Waals surface area contributed by atoms with Gasteiger partial charge in [-0.25, -0.2) is 9.97 Å². The van der Waals surface area contributed by atoms with Crippen LogP contribution in [-0.2, 0) is 0 Å². The van der Waals surface area contributed by atoms with Gasteiger partial charge >= 0.3 is 0 Å². The monoisotopic (exact) mass is 706 g/mol. The second-order valence-electron chi connectivity index (χ2n) is 14.6. The number of rotatable bonds is 6. The molecule has 0 aliphatic carbocycles.